The average Bonchev–Trinajstić information content (AvgIpc) is 1.69. The van der Waals surface area contributed by atoms with Crippen molar-refractivity contribution in [2.75, 3.05) is 13.1 Å². The zero-order chi connectivity index (χ0) is 5.11. The van der Waals surface area contributed by atoms with E-state index in [9.17, 15) is 0 Å². The second-order valence-corrected chi connectivity index (χ2v) is 1.98. The van der Waals surface area contributed by atoms with Crippen molar-refractivity contribution >= 4 is 6.72 Å². The Labute approximate surface area is 44.7 Å². The van der Waals surface area contributed by atoms with Crippen LogP contribution in [-0.4, -0.2) is 24.4 Å². The van der Waals surface area contributed by atoms with Gasteiger partial charge in [0.2, 0.25) is 0 Å². The van der Waals surface area contributed by atoms with Gasteiger partial charge < -0.3 is 6.42 Å². The number of piperidine rings is 1. The van der Waals surface area contributed by atoms with E-state index in [0.29, 0.717) is 0 Å². The van der Waals surface area contributed by atoms with Gasteiger partial charge in [-0.3, -0.25) is 0 Å². The molecule has 1 rings (SSSR count). The molecule has 0 bridgehead atoms. The van der Waals surface area contributed by atoms with Crippen LogP contribution in [0.5, 0.6) is 0 Å². The predicted octanol–water partition coefficient (Wildman–Crippen LogP) is 0.698. The first-order valence-electron chi connectivity index (χ1n) is 2.77. The van der Waals surface area contributed by atoms with Crippen LogP contribution in [0.25, 0.3) is 0 Å². The van der Waals surface area contributed by atoms with Crippen molar-refractivity contribution in [3.8, 4) is 0 Å². The molecule has 0 unspecified atom stereocenters. The molecular weight excluding hydrogens is 86.1 g/mol. The van der Waals surface area contributed by atoms with Crippen molar-refractivity contribution < 1.29 is 4.58 Å². The molecular formula is C6H11N. The van der Waals surface area contributed by atoms with Crippen molar-refractivity contribution in [1.82, 2.24) is 0 Å². The molecule has 0 amide bonds. The fraction of sp³-hybridized carbons (Fsp3) is 0.667. The number of hydrogen-bond donors (Lipinski definition) is 0. The van der Waals surface area contributed by atoms with Crippen LogP contribution < -0.4 is 0 Å². The maximum absolute atomic E-state index is 3.81. The molecule has 0 aliphatic carbocycles. The summed E-state index contributed by atoms with van der Waals surface area (Å²) in [6, 6.07) is 0. The van der Waals surface area contributed by atoms with E-state index >= 15 is 0 Å². The van der Waals surface area contributed by atoms with Crippen LogP contribution in [-0.2, 0) is 0 Å². The number of rotatable bonds is 0. The van der Waals surface area contributed by atoms with Crippen LogP contribution in [0.1, 0.15) is 12.8 Å². The Bertz CT molecular complexity index is 68.2. The highest BCUT2D eigenvalue weighted by Gasteiger charge is 1.97. The largest absolute Gasteiger partial charge is 0.317 e. The average molecular weight is 97.2 g/mol. The summed E-state index contributed by atoms with van der Waals surface area (Å²) >= 11 is 0. The van der Waals surface area contributed by atoms with E-state index in [2.05, 4.69) is 17.7 Å². The summed E-state index contributed by atoms with van der Waals surface area (Å²) in [5.74, 6) is 0. The molecule has 1 fully saturated rings. The van der Waals surface area contributed by atoms with Gasteiger partial charge in [0.05, 0.1) is 0 Å². The smallest absolute Gasteiger partial charge is 0.126 e. The van der Waals surface area contributed by atoms with Gasteiger partial charge in [-0.05, 0) is 0 Å². The minimum Gasteiger partial charge on any atom is -0.317 e. The standard InChI is InChI=1S/C6H11N/c1-7-5-3-2-4-6-7/h2H,1,3-6H2. The fourth-order valence-corrected chi connectivity index (χ4v) is 0.804. The Morgan fingerprint density at radius 3 is 2.14 bits per heavy atom. The van der Waals surface area contributed by atoms with E-state index in [1.54, 1.807) is 0 Å². The molecule has 1 saturated heterocycles. The summed E-state index contributed by atoms with van der Waals surface area (Å²) in [7, 11) is 0. The molecule has 1 aliphatic rings. The molecule has 1 nitrogen and oxygen atoms in total. The highest BCUT2D eigenvalue weighted by atomic mass is 15.0. The van der Waals surface area contributed by atoms with Crippen LogP contribution in [0.4, 0.5) is 0 Å². The van der Waals surface area contributed by atoms with Crippen molar-refractivity contribution in [3.05, 3.63) is 6.42 Å². The van der Waals surface area contributed by atoms with Gasteiger partial charge >= 0.3 is 0 Å². The lowest BCUT2D eigenvalue weighted by atomic mass is 10.2. The van der Waals surface area contributed by atoms with Crippen LogP contribution in [0.15, 0.2) is 0 Å². The van der Waals surface area contributed by atoms with E-state index in [4.69, 9.17) is 0 Å². The summed E-state index contributed by atoms with van der Waals surface area (Å²) in [5.41, 5.74) is 0. The normalized spacial score (nSPS) is 22.6. The van der Waals surface area contributed by atoms with Crippen LogP contribution >= 0.6 is 0 Å². The lowest BCUT2D eigenvalue weighted by Crippen LogP contribution is -2.17. The lowest BCUT2D eigenvalue weighted by Gasteiger charge is -2.15. The Kier molecular flexibility index (Phi) is 1.45. The lowest BCUT2D eigenvalue weighted by molar-refractivity contribution is -0.524. The summed E-state index contributed by atoms with van der Waals surface area (Å²) in [6.45, 7) is 6.12. The number of nitrogens with zero attached hydrogens (tertiary/aromatic N) is 1. The molecule has 1 heterocycles. The fourth-order valence-electron chi connectivity index (χ4n) is 0.804. The molecule has 1 aliphatic heterocycles. The van der Waals surface area contributed by atoms with Gasteiger partial charge in [0.1, 0.15) is 19.8 Å². The van der Waals surface area contributed by atoms with Gasteiger partial charge in [-0.1, -0.05) is 0 Å². The monoisotopic (exact) mass is 97.1 g/mol. The molecule has 0 atom stereocenters. The van der Waals surface area contributed by atoms with Crippen molar-refractivity contribution in [2.24, 2.45) is 0 Å². The van der Waals surface area contributed by atoms with Gasteiger partial charge in [-0.2, -0.15) is 0 Å². The molecule has 0 aromatic carbocycles. The third-order valence-electron chi connectivity index (χ3n) is 1.30. The first-order valence-corrected chi connectivity index (χ1v) is 2.77. The second-order valence-electron chi connectivity index (χ2n) is 1.98. The molecule has 0 aromatic rings. The molecule has 0 saturated carbocycles. The summed E-state index contributed by atoms with van der Waals surface area (Å²) in [5, 5.41) is 0. The van der Waals surface area contributed by atoms with Crippen molar-refractivity contribution in [3.63, 3.8) is 0 Å². The summed E-state index contributed by atoms with van der Waals surface area (Å²) in [6.07, 6.45) is 4.77. The van der Waals surface area contributed by atoms with E-state index < -0.39 is 0 Å². The Morgan fingerprint density at radius 2 is 1.86 bits per heavy atom. The van der Waals surface area contributed by atoms with Gasteiger partial charge in [-0.25, -0.2) is 4.58 Å². The first-order chi connectivity index (χ1) is 3.39. The van der Waals surface area contributed by atoms with Crippen molar-refractivity contribution in [1.29, 1.82) is 0 Å². The highest BCUT2D eigenvalue weighted by Crippen LogP contribution is 2.00. The molecule has 0 N–H and O–H groups in total. The van der Waals surface area contributed by atoms with Crippen molar-refractivity contribution in [2.45, 2.75) is 12.8 Å². The third kappa shape index (κ3) is 1.30. The zero-order valence-corrected chi connectivity index (χ0v) is 4.56. The topological polar surface area (TPSA) is 3.01 Å². The molecule has 0 spiro atoms. The van der Waals surface area contributed by atoms with Gasteiger partial charge in [-0.15, -0.1) is 12.8 Å². The van der Waals surface area contributed by atoms with Crippen LogP contribution in [0.3, 0.4) is 0 Å². The van der Waals surface area contributed by atoms with Gasteiger partial charge in [0.15, 0.2) is 0 Å². The Morgan fingerprint density at radius 1 is 1.29 bits per heavy atom. The Hall–Kier alpha value is -0.330. The SMILES string of the molecule is C=[N+]1CC[CH-]CC1. The van der Waals surface area contributed by atoms with Gasteiger partial charge in [0.25, 0.3) is 0 Å². The third-order valence-corrected chi connectivity index (χ3v) is 1.30. The van der Waals surface area contributed by atoms with E-state index in [-0.39, 0.29) is 0 Å². The van der Waals surface area contributed by atoms with E-state index in [1.807, 2.05) is 0 Å². The minimum absolute atomic E-state index is 1.15. The molecule has 7 heavy (non-hydrogen) atoms. The highest BCUT2D eigenvalue weighted by molar-refractivity contribution is 5.14. The van der Waals surface area contributed by atoms with Gasteiger partial charge in [0, 0.05) is 0 Å². The second kappa shape index (κ2) is 2.10. The molecule has 0 radical (unpaired) electrons. The van der Waals surface area contributed by atoms with E-state index in [0.717, 1.165) is 13.1 Å². The zero-order valence-electron chi connectivity index (χ0n) is 4.56. The maximum atomic E-state index is 3.81. The quantitative estimate of drug-likeness (QED) is 0.309. The minimum atomic E-state index is 1.15. The van der Waals surface area contributed by atoms with E-state index in [1.165, 1.54) is 12.8 Å². The first kappa shape index (κ1) is 4.82. The predicted molar refractivity (Wildman–Crippen MR) is 30.6 cm³/mol. The summed E-state index contributed by atoms with van der Waals surface area (Å²) in [4.78, 5) is 0. The maximum Gasteiger partial charge on any atom is 0.126 e. The van der Waals surface area contributed by atoms with Crippen LogP contribution in [0, 0.1) is 6.42 Å². The number of hydrogen-bond acceptors (Lipinski definition) is 0. The molecule has 40 valence electrons. The molecule has 0 aromatic heterocycles. The molecule has 1 heteroatoms. The summed E-state index contributed by atoms with van der Waals surface area (Å²) < 4.78 is 2.11. The van der Waals surface area contributed by atoms with Crippen LogP contribution in [0.2, 0.25) is 0 Å². The Balaban J connectivity index is 2.25.